The third-order valence-corrected chi connectivity index (χ3v) is 7.41. The Kier molecular flexibility index (Phi) is 9.31. The first kappa shape index (κ1) is 28.5. The summed E-state index contributed by atoms with van der Waals surface area (Å²) in [5.41, 5.74) is 0.602. The van der Waals surface area contributed by atoms with E-state index in [2.05, 4.69) is 95.0 Å². The van der Waals surface area contributed by atoms with E-state index in [4.69, 9.17) is 4.74 Å². The van der Waals surface area contributed by atoms with E-state index in [1.165, 1.54) is 6.42 Å². The van der Waals surface area contributed by atoms with E-state index in [1.54, 1.807) is 0 Å². The highest BCUT2D eigenvalue weighted by Crippen LogP contribution is 2.40. The van der Waals surface area contributed by atoms with Gasteiger partial charge in [-0.3, -0.25) is 9.69 Å². The van der Waals surface area contributed by atoms with E-state index < -0.39 is 0 Å². The lowest BCUT2D eigenvalue weighted by atomic mass is 9.76. The van der Waals surface area contributed by atoms with Crippen LogP contribution in [-0.4, -0.2) is 35.1 Å². The standard InChI is InChI=1S/C28H55NO2/c1-20(16-25(3,4)5)14-15-23(21(2)17-26(6,7)8)24(30)31-22-18-27(9,10)29(13)28(11,12)19-22/h20-23H,14-19H2,1-13H3. The Hall–Kier alpha value is -0.570. The van der Waals surface area contributed by atoms with Crippen LogP contribution in [0.15, 0.2) is 0 Å². The molecule has 1 aliphatic heterocycles. The summed E-state index contributed by atoms with van der Waals surface area (Å²) in [5.74, 6) is 0.994. The van der Waals surface area contributed by atoms with Crippen LogP contribution in [0, 0.1) is 28.6 Å². The summed E-state index contributed by atoms with van der Waals surface area (Å²) in [4.78, 5) is 15.9. The Morgan fingerprint density at radius 3 is 1.77 bits per heavy atom. The molecule has 1 fully saturated rings. The van der Waals surface area contributed by atoms with Crippen molar-refractivity contribution >= 4 is 5.97 Å². The molecule has 0 bridgehead atoms. The van der Waals surface area contributed by atoms with Gasteiger partial charge in [-0.15, -0.1) is 0 Å². The molecule has 1 rings (SSSR count). The zero-order valence-electron chi connectivity index (χ0n) is 23.3. The van der Waals surface area contributed by atoms with Gasteiger partial charge in [0.1, 0.15) is 6.10 Å². The third-order valence-electron chi connectivity index (χ3n) is 7.41. The summed E-state index contributed by atoms with van der Waals surface area (Å²) < 4.78 is 6.28. The van der Waals surface area contributed by atoms with E-state index in [9.17, 15) is 4.79 Å². The van der Waals surface area contributed by atoms with Crippen LogP contribution in [0.1, 0.15) is 122 Å². The van der Waals surface area contributed by atoms with Gasteiger partial charge in [0.25, 0.3) is 0 Å². The number of nitrogens with zero attached hydrogens (tertiary/aromatic N) is 1. The van der Waals surface area contributed by atoms with Crippen LogP contribution < -0.4 is 0 Å². The van der Waals surface area contributed by atoms with Crippen LogP contribution in [0.4, 0.5) is 0 Å². The molecule has 31 heavy (non-hydrogen) atoms. The quantitative estimate of drug-likeness (QED) is 0.364. The molecule has 1 heterocycles. The van der Waals surface area contributed by atoms with Gasteiger partial charge in [0.05, 0.1) is 5.92 Å². The van der Waals surface area contributed by atoms with Crippen molar-refractivity contribution in [2.75, 3.05) is 7.05 Å². The number of ether oxygens (including phenoxy) is 1. The molecule has 3 unspecified atom stereocenters. The fourth-order valence-corrected chi connectivity index (χ4v) is 5.97. The van der Waals surface area contributed by atoms with Crippen LogP contribution >= 0.6 is 0 Å². The summed E-state index contributed by atoms with van der Waals surface area (Å²) in [6.45, 7) is 27.4. The minimum Gasteiger partial charge on any atom is -0.462 e. The average molecular weight is 438 g/mol. The monoisotopic (exact) mass is 437 g/mol. The lowest BCUT2D eigenvalue weighted by molar-refractivity contribution is -0.166. The number of esters is 1. The molecule has 1 aliphatic rings. The van der Waals surface area contributed by atoms with Gasteiger partial charge in [0.15, 0.2) is 0 Å². The molecule has 3 nitrogen and oxygen atoms in total. The molecule has 0 aromatic rings. The molecule has 3 heteroatoms. The Labute approximate surface area is 195 Å². The van der Waals surface area contributed by atoms with Gasteiger partial charge in [-0.25, -0.2) is 0 Å². The number of rotatable bonds is 8. The average Bonchev–Trinajstić information content (AvgIpc) is 2.48. The highest BCUT2D eigenvalue weighted by atomic mass is 16.5. The maximum Gasteiger partial charge on any atom is 0.309 e. The highest BCUT2D eigenvalue weighted by molar-refractivity contribution is 5.73. The van der Waals surface area contributed by atoms with Gasteiger partial charge in [0.2, 0.25) is 0 Å². The Balaban J connectivity index is 2.92. The summed E-state index contributed by atoms with van der Waals surface area (Å²) >= 11 is 0. The fourth-order valence-electron chi connectivity index (χ4n) is 5.97. The molecule has 0 aromatic heterocycles. The third kappa shape index (κ3) is 9.44. The van der Waals surface area contributed by atoms with Crippen LogP contribution in [0.2, 0.25) is 0 Å². The fraction of sp³-hybridized carbons (Fsp3) is 0.964. The summed E-state index contributed by atoms with van der Waals surface area (Å²) in [7, 11) is 2.20. The Morgan fingerprint density at radius 1 is 0.903 bits per heavy atom. The summed E-state index contributed by atoms with van der Waals surface area (Å²) in [6.07, 6.45) is 6.08. The topological polar surface area (TPSA) is 29.5 Å². The molecule has 0 aromatic carbocycles. The van der Waals surface area contributed by atoms with Crippen molar-refractivity contribution < 1.29 is 9.53 Å². The molecule has 0 saturated carbocycles. The molecule has 184 valence electrons. The van der Waals surface area contributed by atoms with E-state index in [-0.39, 0.29) is 34.5 Å². The molecular formula is C28H55NO2. The number of hydrogen-bond acceptors (Lipinski definition) is 3. The van der Waals surface area contributed by atoms with E-state index in [1.807, 2.05) is 0 Å². The Bertz CT molecular complexity index is 561. The Morgan fingerprint density at radius 2 is 1.35 bits per heavy atom. The maximum absolute atomic E-state index is 13.5. The minimum atomic E-state index is -0.00692. The normalized spacial score (nSPS) is 23.3. The first-order valence-electron chi connectivity index (χ1n) is 12.7. The lowest BCUT2D eigenvalue weighted by Crippen LogP contribution is -2.60. The van der Waals surface area contributed by atoms with Gasteiger partial charge in [-0.2, -0.15) is 0 Å². The molecule has 0 radical (unpaired) electrons. The van der Waals surface area contributed by atoms with Gasteiger partial charge < -0.3 is 4.74 Å². The molecule has 0 spiro atoms. The van der Waals surface area contributed by atoms with E-state index >= 15 is 0 Å². The maximum atomic E-state index is 13.5. The highest BCUT2D eigenvalue weighted by Gasteiger charge is 2.45. The lowest BCUT2D eigenvalue weighted by Gasteiger charge is -2.53. The van der Waals surface area contributed by atoms with Crippen molar-refractivity contribution in [1.29, 1.82) is 0 Å². The largest absolute Gasteiger partial charge is 0.462 e. The van der Waals surface area contributed by atoms with E-state index in [0.29, 0.717) is 17.3 Å². The molecule has 0 amide bonds. The predicted octanol–water partition coefficient (Wildman–Crippen LogP) is 7.72. The molecule has 3 atom stereocenters. The zero-order chi connectivity index (χ0) is 24.4. The summed E-state index contributed by atoms with van der Waals surface area (Å²) in [6, 6.07) is 0. The minimum absolute atomic E-state index is 0.00466. The van der Waals surface area contributed by atoms with Gasteiger partial charge in [-0.05, 0) is 83.1 Å². The van der Waals surface area contributed by atoms with Gasteiger partial charge >= 0.3 is 5.97 Å². The molecule has 1 saturated heterocycles. The van der Waals surface area contributed by atoms with E-state index in [0.717, 1.165) is 32.1 Å². The summed E-state index contributed by atoms with van der Waals surface area (Å²) in [5, 5.41) is 0. The zero-order valence-corrected chi connectivity index (χ0v) is 23.3. The second-order valence-corrected chi connectivity index (χ2v) is 14.4. The number of hydrogen-bond donors (Lipinski definition) is 0. The van der Waals surface area contributed by atoms with Crippen molar-refractivity contribution in [2.45, 2.75) is 139 Å². The van der Waals surface area contributed by atoms with Crippen molar-refractivity contribution in [3.05, 3.63) is 0 Å². The SMILES string of the molecule is CC(CCC(C(=O)OC1CC(C)(C)N(C)C(C)(C)C1)C(C)CC(C)(C)C)CC(C)(C)C. The van der Waals surface area contributed by atoms with Crippen molar-refractivity contribution in [1.82, 2.24) is 4.90 Å². The van der Waals surface area contributed by atoms with Gasteiger partial charge in [-0.1, -0.05) is 55.4 Å². The van der Waals surface area contributed by atoms with Crippen LogP contribution in [0.25, 0.3) is 0 Å². The first-order valence-corrected chi connectivity index (χ1v) is 12.7. The van der Waals surface area contributed by atoms with Crippen LogP contribution in [0.5, 0.6) is 0 Å². The first-order chi connectivity index (χ1) is 13.7. The molecule has 0 N–H and O–H groups in total. The number of carbonyl (C=O) groups excluding carboxylic acids is 1. The molecular weight excluding hydrogens is 382 g/mol. The van der Waals surface area contributed by atoms with Crippen LogP contribution in [-0.2, 0) is 9.53 Å². The number of piperidine rings is 1. The second-order valence-electron chi connectivity index (χ2n) is 14.4. The number of carbonyl (C=O) groups is 1. The smallest absolute Gasteiger partial charge is 0.309 e. The van der Waals surface area contributed by atoms with Crippen LogP contribution in [0.3, 0.4) is 0 Å². The molecule has 0 aliphatic carbocycles. The van der Waals surface area contributed by atoms with Crippen molar-refractivity contribution in [3.8, 4) is 0 Å². The second kappa shape index (κ2) is 10.1. The van der Waals surface area contributed by atoms with Gasteiger partial charge in [0, 0.05) is 23.9 Å². The predicted molar refractivity (Wildman–Crippen MR) is 134 cm³/mol. The number of likely N-dealkylation sites (tertiary alicyclic amines) is 1. The van der Waals surface area contributed by atoms with Crippen molar-refractivity contribution in [3.63, 3.8) is 0 Å². The van der Waals surface area contributed by atoms with Crippen molar-refractivity contribution in [2.24, 2.45) is 28.6 Å².